The molecule has 1 aromatic rings. The van der Waals surface area contributed by atoms with Crippen LogP contribution in [0.1, 0.15) is 74.1 Å². The molecular weight excluding hydrogens is 310 g/mol. The zero-order chi connectivity index (χ0) is 18.1. The van der Waals surface area contributed by atoms with E-state index in [9.17, 15) is 0 Å². The first-order valence-electron chi connectivity index (χ1n) is 9.79. The molecule has 0 amide bonds. The predicted molar refractivity (Wildman–Crippen MR) is 113 cm³/mol. The van der Waals surface area contributed by atoms with Gasteiger partial charge >= 0.3 is 0 Å². The second-order valence-corrected chi connectivity index (χ2v) is 8.10. The SMILES string of the molecule is CCCN([B]c1ccc([B]N(C(C)CC)C(C)CC)s1)C(C)CC. The van der Waals surface area contributed by atoms with Crippen LogP contribution in [0.15, 0.2) is 12.1 Å². The maximum absolute atomic E-state index is 2.54. The van der Waals surface area contributed by atoms with Crippen molar-refractivity contribution in [1.82, 2.24) is 9.62 Å². The Labute approximate surface area is 156 Å². The van der Waals surface area contributed by atoms with E-state index in [0.717, 1.165) is 6.54 Å². The summed E-state index contributed by atoms with van der Waals surface area (Å²) in [5.41, 5.74) is 0. The average molecular weight is 346 g/mol. The van der Waals surface area contributed by atoms with Gasteiger partial charge in [0.15, 0.2) is 0 Å². The van der Waals surface area contributed by atoms with Crippen molar-refractivity contribution in [3.05, 3.63) is 12.1 Å². The lowest BCUT2D eigenvalue weighted by molar-refractivity contribution is 0.271. The van der Waals surface area contributed by atoms with Crippen molar-refractivity contribution in [1.29, 1.82) is 0 Å². The molecule has 0 aromatic carbocycles. The largest absolute Gasteiger partial charge is 0.339 e. The number of nitrogens with zero attached hydrogens (tertiary/aromatic N) is 2. The molecule has 0 aliphatic carbocycles. The third kappa shape index (κ3) is 6.57. The fraction of sp³-hybridized carbons (Fsp3) is 0.789. The summed E-state index contributed by atoms with van der Waals surface area (Å²) in [6.45, 7) is 17.2. The summed E-state index contributed by atoms with van der Waals surface area (Å²) in [6, 6.07) is 6.33. The highest BCUT2D eigenvalue weighted by molar-refractivity contribution is 7.28. The molecule has 2 radical (unpaired) electrons. The molecular formula is C19H36B2N2S. The van der Waals surface area contributed by atoms with Crippen LogP contribution in [0.2, 0.25) is 0 Å². The first kappa shape index (κ1) is 21.8. The van der Waals surface area contributed by atoms with Gasteiger partial charge in [0.25, 0.3) is 14.8 Å². The number of rotatable bonds is 12. The normalized spacial score (nSPS) is 15.5. The van der Waals surface area contributed by atoms with Crippen LogP contribution >= 0.6 is 11.3 Å². The van der Waals surface area contributed by atoms with Crippen LogP contribution in [0, 0.1) is 0 Å². The highest BCUT2D eigenvalue weighted by Crippen LogP contribution is 2.11. The number of hydrogen-bond acceptors (Lipinski definition) is 3. The maximum atomic E-state index is 2.54. The predicted octanol–water partition coefficient (Wildman–Crippen LogP) is 3.65. The van der Waals surface area contributed by atoms with E-state index in [0.29, 0.717) is 18.1 Å². The molecule has 24 heavy (non-hydrogen) atoms. The van der Waals surface area contributed by atoms with Gasteiger partial charge in [-0.25, -0.2) is 0 Å². The van der Waals surface area contributed by atoms with Gasteiger partial charge in [0.05, 0.1) is 0 Å². The third-order valence-corrected chi connectivity index (χ3v) is 6.01. The molecule has 3 atom stereocenters. The molecule has 0 aliphatic rings. The Hall–Kier alpha value is -0.250. The second-order valence-electron chi connectivity index (χ2n) is 6.96. The summed E-state index contributed by atoms with van der Waals surface area (Å²) in [5.74, 6) is 0. The van der Waals surface area contributed by atoms with Crippen molar-refractivity contribution in [2.75, 3.05) is 6.54 Å². The molecule has 2 nitrogen and oxygen atoms in total. The van der Waals surface area contributed by atoms with E-state index in [2.05, 4.69) is 85.0 Å². The molecule has 1 heterocycles. The van der Waals surface area contributed by atoms with Crippen molar-refractivity contribution in [2.45, 2.75) is 92.3 Å². The molecule has 0 saturated heterocycles. The molecule has 0 fully saturated rings. The fourth-order valence-corrected chi connectivity index (χ4v) is 3.74. The first-order chi connectivity index (χ1) is 11.5. The van der Waals surface area contributed by atoms with Gasteiger partial charge in [-0.15, -0.1) is 0 Å². The standard InChI is InChI=1S/C19H36B2N2S/c1-8-14-22(15(5)9-2)20-18-12-13-19(24-18)21-23(16(6)10-3)17(7)11-4/h12-13,15-17H,8-11,14H2,1-7H3. The van der Waals surface area contributed by atoms with E-state index >= 15 is 0 Å². The maximum Gasteiger partial charge on any atom is 0.261 e. The Morgan fingerprint density at radius 3 is 1.79 bits per heavy atom. The Morgan fingerprint density at radius 2 is 1.33 bits per heavy atom. The Balaban J connectivity index is 2.75. The van der Waals surface area contributed by atoms with Gasteiger partial charge in [0.2, 0.25) is 0 Å². The minimum atomic E-state index is 0.589. The van der Waals surface area contributed by atoms with Gasteiger partial charge < -0.3 is 9.62 Å². The van der Waals surface area contributed by atoms with Crippen molar-refractivity contribution in [3.8, 4) is 0 Å². The molecule has 1 rings (SSSR count). The molecule has 3 unspecified atom stereocenters. The zero-order valence-corrected chi connectivity index (χ0v) is 17.7. The summed E-state index contributed by atoms with van der Waals surface area (Å²) >= 11 is 1.90. The van der Waals surface area contributed by atoms with Gasteiger partial charge in [0.1, 0.15) is 0 Å². The smallest absolute Gasteiger partial charge is 0.261 e. The number of thiophene rings is 1. The molecule has 0 bridgehead atoms. The van der Waals surface area contributed by atoms with Gasteiger partial charge in [-0.05, 0) is 59.9 Å². The summed E-state index contributed by atoms with van der Waals surface area (Å²) in [7, 11) is 4.73. The van der Waals surface area contributed by atoms with Crippen LogP contribution in [-0.2, 0) is 0 Å². The Kier molecular flexibility index (Phi) is 10.3. The Morgan fingerprint density at radius 1 is 0.833 bits per heavy atom. The topological polar surface area (TPSA) is 6.48 Å². The van der Waals surface area contributed by atoms with Gasteiger partial charge in [-0.1, -0.05) is 60.6 Å². The lowest BCUT2D eigenvalue weighted by Gasteiger charge is -2.33. The molecule has 5 heteroatoms. The highest BCUT2D eigenvalue weighted by atomic mass is 32.1. The average Bonchev–Trinajstić information content (AvgIpc) is 3.04. The van der Waals surface area contributed by atoms with E-state index in [1.54, 1.807) is 0 Å². The zero-order valence-electron chi connectivity index (χ0n) is 16.9. The second kappa shape index (κ2) is 11.4. The molecule has 0 aliphatic heterocycles. The minimum absolute atomic E-state index is 0.589. The van der Waals surface area contributed by atoms with Gasteiger partial charge in [-0.3, -0.25) is 0 Å². The van der Waals surface area contributed by atoms with Crippen LogP contribution in [0.25, 0.3) is 0 Å². The molecule has 0 spiro atoms. The highest BCUT2D eigenvalue weighted by Gasteiger charge is 2.21. The molecule has 0 N–H and O–H groups in total. The van der Waals surface area contributed by atoms with Gasteiger partial charge in [0, 0.05) is 0 Å². The minimum Gasteiger partial charge on any atom is -0.339 e. The molecule has 1 aromatic heterocycles. The Bertz CT molecular complexity index is 442. The van der Waals surface area contributed by atoms with Gasteiger partial charge in [-0.2, -0.15) is 11.3 Å². The summed E-state index contributed by atoms with van der Waals surface area (Å²) in [5, 5.41) is 0. The lowest BCUT2D eigenvalue weighted by atomic mass is 9.83. The van der Waals surface area contributed by atoms with Crippen LogP contribution in [0.4, 0.5) is 0 Å². The van der Waals surface area contributed by atoms with Crippen LogP contribution < -0.4 is 9.55 Å². The summed E-state index contributed by atoms with van der Waals surface area (Å²) in [6.07, 6.45) is 4.75. The first-order valence-corrected chi connectivity index (χ1v) is 10.6. The number of hydrogen-bond donors (Lipinski definition) is 0. The van der Waals surface area contributed by atoms with Crippen molar-refractivity contribution in [2.24, 2.45) is 0 Å². The van der Waals surface area contributed by atoms with Crippen molar-refractivity contribution in [3.63, 3.8) is 0 Å². The summed E-state index contributed by atoms with van der Waals surface area (Å²) in [4.78, 5) is 5.03. The van der Waals surface area contributed by atoms with Crippen LogP contribution in [0.5, 0.6) is 0 Å². The quantitative estimate of drug-likeness (QED) is 0.533. The molecule has 0 saturated carbocycles. The van der Waals surface area contributed by atoms with E-state index < -0.39 is 0 Å². The van der Waals surface area contributed by atoms with E-state index in [1.807, 2.05) is 11.3 Å². The van der Waals surface area contributed by atoms with E-state index in [1.165, 1.54) is 35.2 Å². The van der Waals surface area contributed by atoms with Crippen LogP contribution in [-0.4, -0.2) is 49.1 Å². The lowest BCUT2D eigenvalue weighted by Crippen LogP contribution is -2.46. The van der Waals surface area contributed by atoms with E-state index in [-0.39, 0.29) is 0 Å². The van der Waals surface area contributed by atoms with Crippen molar-refractivity contribution < 1.29 is 0 Å². The monoisotopic (exact) mass is 346 g/mol. The summed E-state index contributed by atoms with van der Waals surface area (Å²) < 4.78 is 2.73. The fourth-order valence-electron chi connectivity index (χ4n) is 2.83. The van der Waals surface area contributed by atoms with Crippen LogP contribution in [0.3, 0.4) is 0 Å². The van der Waals surface area contributed by atoms with Crippen molar-refractivity contribution >= 4 is 35.7 Å². The third-order valence-electron chi connectivity index (χ3n) is 5.06. The van der Waals surface area contributed by atoms with E-state index in [4.69, 9.17) is 0 Å². The molecule has 134 valence electrons.